The van der Waals surface area contributed by atoms with Crippen molar-refractivity contribution in [1.82, 2.24) is 0 Å². The third kappa shape index (κ3) is 6.30. The Bertz CT molecular complexity index is 1210. The molecule has 0 aliphatic heterocycles. The van der Waals surface area contributed by atoms with Gasteiger partial charge in [-0.05, 0) is 81.0 Å². The lowest BCUT2D eigenvalue weighted by atomic mass is 9.84. The highest BCUT2D eigenvalue weighted by Gasteiger charge is 2.19. The maximum Gasteiger partial charge on any atom is -0.0156 e. The van der Waals surface area contributed by atoms with Crippen molar-refractivity contribution in [3.05, 3.63) is 108 Å². The monoisotopic (exact) mass is 534 g/mol. The van der Waals surface area contributed by atoms with E-state index in [2.05, 4.69) is 97.1 Å². The maximum absolute atomic E-state index is 2.39. The summed E-state index contributed by atoms with van der Waals surface area (Å²) >= 11 is 0. The average Bonchev–Trinajstić information content (AvgIpc) is 2.99. The second-order valence-corrected chi connectivity index (χ2v) is 14.0. The Hall–Kier alpha value is -2.26. The Balaban J connectivity index is 1.13. The normalized spacial score (nSPS) is 17.6. The minimum atomic E-state index is 0.737. The predicted octanol–water partition coefficient (Wildman–Crippen LogP) is 8.71. The molecule has 0 nitrogen and oxygen atoms in total. The Kier molecular flexibility index (Phi) is 8.71. The van der Waals surface area contributed by atoms with E-state index in [1.807, 2.05) is 0 Å². The molecule has 38 heavy (non-hydrogen) atoms. The van der Waals surface area contributed by atoms with Crippen molar-refractivity contribution in [3.63, 3.8) is 0 Å². The highest BCUT2D eigenvalue weighted by Crippen LogP contribution is 2.35. The predicted molar refractivity (Wildman–Crippen MR) is 172 cm³/mol. The zero-order valence-electron chi connectivity index (χ0n) is 22.5. The van der Waals surface area contributed by atoms with Gasteiger partial charge in [0.05, 0.1) is 0 Å². The third-order valence-electron chi connectivity index (χ3n) is 8.67. The Labute approximate surface area is 233 Å². The summed E-state index contributed by atoms with van der Waals surface area (Å²) in [6, 6.07) is 37.1. The van der Waals surface area contributed by atoms with E-state index in [1.165, 1.54) is 85.9 Å². The summed E-state index contributed by atoms with van der Waals surface area (Å²) in [7, 11) is 1.47. The molecular formula is C36H40P2. The van der Waals surface area contributed by atoms with Gasteiger partial charge in [0.2, 0.25) is 0 Å². The fourth-order valence-electron chi connectivity index (χ4n) is 6.56. The molecule has 0 N–H and O–H groups in total. The van der Waals surface area contributed by atoms with Crippen LogP contribution >= 0.6 is 17.2 Å². The van der Waals surface area contributed by atoms with Gasteiger partial charge in [-0.15, -0.1) is 0 Å². The van der Waals surface area contributed by atoms with Crippen molar-refractivity contribution in [2.45, 2.75) is 76.0 Å². The molecule has 2 unspecified atom stereocenters. The van der Waals surface area contributed by atoms with Crippen LogP contribution in [-0.4, -0.2) is 0 Å². The molecule has 0 amide bonds. The Morgan fingerprint density at radius 2 is 0.763 bits per heavy atom. The van der Waals surface area contributed by atoms with E-state index in [9.17, 15) is 0 Å². The molecule has 2 aliphatic carbocycles. The van der Waals surface area contributed by atoms with Gasteiger partial charge in [0.15, 0.2) is 0 Å². The van der Waals surface area contributed by atoms with E-state index < -0.39 is 0 Å². The van der Waals surface area contributed by atoms with E-state index in [-0.39, 0.29) is 0 Å². The van der Waals surface area contributed by atoms with Gasteiger partial charge in [-0.2, -0.15) is 0 Å². The van der Waals surface area contributed by atoms with Crippen molar-refractivity contribution in [2.75, 3.05) is 0 Å². The fourth-order valence-corrected chi connectivity index (χ4v) is 9.08. The average molecular weight is 535 g/mol. The summed E-state index contributed by atoms with van der Waals surface area (Å²) in [6.45, 7) is 0. The van der Waals surface area contributed by atoms with Crippen molar-refractivity contribution in [3.8, 4) is 11.1 Å². The van der Waals surface area contributed by atoms with Crippen LogP contribution in [0.2, 0.25) is 0 Å². The number of hydrogen-bond acceptors (Lipinski definition) is 0. The lowest BCUT2D eigenvalue weighted by molar-refractivity contribution is 0.445. The molecule has 2 aliphatic rings. The third-order valence-corrected chi connectivity index (χ3v) is 11.4. The van der Waals surface area contributed by atoms with Gasteiger partial charge in [-0.25, -0.2) is 0 Å². The van der Waals surface area contributed by atoms with E-state index in [1.54, 1.807) is 21.7 Å². The molecule has 2 fully saturated rings. The molecule has 2 heteroatoms. The Morgan fingerprint density at radius 1 is 0.395 bits per heavy atom. The number of rotatable bonds is 7. The molecule has 0 radical (unpaired) electrons. The maximum atomic E-state index is 2.39. The zero-order chi connectivity index (χ0) is 25.6. The van der Waals surface area contributed by atoms with Crippen LogP contribution < -0.4 is 21.2 Å². The minimum absolute atomic E-state index is 0.737. The molecule has 0 bridgehead atoms. The number of hydrogen-bond donors (Lipinski definition) is 0. The lowest BCUT2D eigenvalue weighted by Gasteiger charge is -2.24. The summed E-state index contributed by atoms with van der Waals surface area (Å²) in [5, 5.41) is 5.97. The van der Waals surface area contributed by atoms with E-state index in [0.717, 1.165) is 29.0 Å². The van der Waals surface area contributed by atoms with Gasteiger partial charge < -0.3 is 0 Å². The minimum Gasteiger partial charge on any atom is -0.0619 e. The van der Waals surface area contributed by atoms with Gasteiger partial charge in [-0.1, -0.05) is 153 Å². The highest BCUT2D eigenvalue weighted by molar-refractivity contribution is 7.56. The van der Waals surface area contributed by atoms with Gasteiger partial charge in [0.1, 0.15) is 0 Å². The van der Waals surface area contributed by atoms with Gasteiger partial charge >= 0.3 is 0 Å². The van der Waals surface area contributed by atoms with Gasteiger partial charge in [-0.3, -0.25) is 0 Å². The van der Waals surface area contributed by atoms with Gasteiger partial charge in [0, 0.05) is 0 Å². The SMILES string of the molecule is c1ccc(C2CCCCC2)c(Pc2ccc(-c3ccc(Pc4ccccc4C4CCCCC4)cc3)cc2)c1. The molecule has 0 spiro atoms. The van der Waals surface area contributed by atoms with Gasteiger partial charge in [0.25, 0.3) is 0 Å². The second-order valence-electron chi connectivity index (χ2n) is 11.2. The van der Waals surface area contributed by atoms with Crippen LogP contribution in [0.1, 0.15) is 87.2 Å². The first kappa shape index (κ1) is 26.0. The van der Waals surface area contributed by atoms with Crippen LogP contribution in [0.25, 0.3) is 11.1 Å². The van der Waals surface area contributed by atoms with Crippen molar-refractivity contribution in [1.29, 1.82) is 0 Å². The van der Waals surface area contributed by atoms with E-state index in [0.29, 0.717) is 0 Å². The smallest absolute Gasteiger partial charge is 0.0156 e. The molecule has 4 aromatic rings. The van der Waals surface area contributed by atoms with Crippen LogP contribution in [0, 0.1) is 0 Å². The van der Waals surface area contributed by atoms with Crippen LogP contribution in [0.3, 0.4) is 0 Å². The van der Waals surface area contributed by atoms with Crippen molar-refractivity contribution >= 4 is 38.4 Å². The van der Waals surface area contributed by atoms with Crippen molar-refractivity contribution in [2.24, 2.45) is 0 Å². The first-order valence-electron chi connectivity index (χ1n) is 14.8. The summed E-state index contributed by atoms with van der Waals surface area (Å²) in [4.78, 5) is 0. The topological polar surface area (TPSA) is 0 Å². The largest absolute Gasteiger partial charge is 0.0619 e. The highest BCUT2D eigenvalue weighted by atomic mass is 31.1. The standard InChI is InChI=1S/C36H40P2/c1-3-11-29(12-4-1)33-15-7-9-17-35(33)37-31-23-19-27(20-24-31)28-21-25-32(26-22-28)38-36-18-10-8-16-34(36)30-13-5-2-6-14-30/h7-10,15-26,29-30,37-38H,1-6,11-14H2. The van der Waals surface area contributed by atoms with E-state index in [4.69, 9.17) is 0 Å². The summed E-state index contributed by atoms with van der Waals surface area (Å²) in [6.07, 6.45) is 13.9. The molecule has 0 heterocycles. The first-order chi connectivity index (χ1) is 18.8. The quantitative estimate of drug-likeness (QED) is 0.208. The fraction of sp³-hybridized carbons (Fsp3) is 0.333. The van der Waals surface area contributed by atoms with Crippen LogP contribution in [0.4, 0.5) is 0 Å². The van der Waals surface area contributed by atoms with E-state index >= 15 is 0 Å². The molecule has 6 rings (SSSR count). The number of benzene rings is 4. The van der Waals surface area contributed by atoms with Crippen LogP contribution in [0.15, 0.2) is 97.1 Å². The molecule has 2 atom stereocenters. The lowest BCUT2D eigenvalue weighted by Crippen LogP contribution is -2.15. The summed E-state index contributed by atoms with van der Waals surface area (Å²) in [5.74, 6) is 1.53. The molecule has 0 aromatic heterocycles. The summed E-state index contributed by atoms with van der Waals surface area (Å²) in [5.41, 5.74) is 5.85. The molecule has 2 saturated carbocycles. The van der Waals surface area contributed by atoms with Crippen LogP contribution in [0.5, 0.6) is 0 Å². The zero-order valence-corrected chi connectivity index (χ0v) is 24.5. The molecular weight excluding hydrogens is 494 g/mol. The van der Waals surface area contributed by atoms with Crippen molar-refractivity contribution < 1.29 is 0 Å². The molecule has 194 valence electrons. The summed E-state index contributed by atoms with van der Waals surface area (Å²) < 4.78 is 0. The first-order valence-corrected chi connectivity index (χ1v) is 16.8. The van der Waals surface area contributed by atoms with Crippen LogP contribution in [-0.2, 0) is 0 Å². The molecule has 4 aromatic carbocycles. The Morgan fingerprint density at radius 3 is 1.16 bits per heavy atom. The second kappa shape index (κ2) is 12.7. The molecule has 0 saturated heterocycles.